The van der Waals surface area contributed by atoms with E-state index in [9.17, 15) is 0 Å². The number of fused-ring (bicyclic) bond motifs is 1. The van der Waals surface area contributed by atoms with Gasteiger partial charge in [-0.15, -0.1) is 0 Å². The molecule has 3 rings (SSSR count). The largest absolute Gasteiger partial charge is 0.367 e. The van der Waals surface area contributed by atoms with Crippen LogP contribution in [0.15, 0.2) is 23.2 Å². The minimum absolute atomic E-state index is 0.700. The van der Waals surface area contributed by atoms with E-state index < -0.39 is 0 Å². The lowest BCUT2D eigenvalue weighted by Gasteiger charge is -2.12. The molecule has 1 saturated heterocycles. The van der Waals surface area contributed by atoms with Crippen LogP contribution in [0, 0.1) is 5.92 Å². The van der Waals surface area contributed by atoms with Crippen LogP contribution in [-0.4, -0.2) is 46.0 Å². The number of nitrogens with zero attached hydrogens (tertiary/aromatic N) is 4. The fraction of sp³-hybridized carbons (Fsp3) is 0.500. The molecule has 1 unspecified atom stereocenters. The van der Waals surface area contributed by atoms with E-state index in [-0.39, 0.29) is 0 Å². The lowest BCUT2D eigenvalue weighted by Crippen LogP contribution is -2.19. The lowest BCUT2D eigenvalue weighted by atomic mass is 10.1. The maximum atomic E-state index is 4.46. The zero-order valence-corrected chi connectivity index (χ0v) is 11.9. The average molecular weight is 310 g/mol. The molecule has 1 N–H and O–H groups in total. The minimum atomic E-state index is 0.700. The molecule has 0 aliphatic carbocycles. The van der Waals surface area contributed by atoms with E-state index in [2.05, 4.69) is 43.2 Å². The summed E-state index contributed by atoms with van der Waals surface area (Å²) in [6.45, 7) is 3.30. The van der Waals surface area contributed by atoms with E-state index >= 15 is 0 Å². The molecule has 2 aromatic rings. The molecule has 1 atom stereocenters. The Balaban J connectivity index is 1.75. The first-order valence-corrected chi connectivity index (χ1v) is 6.93. The van der Waals surface area contributed by atoms with Gasteiger partial charge in [-0.2, -0.15) is 0 Å². The van der Waals surface area contributed by atoms with Crippen molar-refractivity contribution < 1.29 is 0 Å². The molecular formula is C12H16BrN5. The summed E-state index contributed by atoms with van der Waals surface area (Å²) >= 11 is 3.42. The Labute approximate surface area is 114 Å². The third-order valence-corrected chi connectivity index (χ3v) is 3.77. The predicted octanol–water partition coefficient (Wildman–Crippen LogP) is 1.86. The molecule has 5 nitrogen and oxygen atoms in total. The molecule has 0 bridgehead atoms. The van der Waals surface area contributed by atoms with Crippen molar-refractivity contribution in [3.63, 3.8) is 0 Å². The highest BCUT2D eigenvalue weighted by Gasteiger charge is 2.19. The van der Waals surface area contributed by atoms with Gasteiger partial charge in [0, 0.05) is 31.7 Å². The molecule has 96 valence electrons. The minimum Gasteiger partial charge on any atom is -0.367 e. The Morgan fingerprint density at radius 3 is 3.22 bits per heavy atom. The van der Waals surface area contributed by atoms with Crippen LogP contribution in [0.2, 0.25) is 0 Å². The number of hydrogen-bond acceptors (Lipinski definition) is 4. The van der Waals surface area contributed by atoms with Crippen molar-refractivity contribution in [3.8, 4) is 0 Å². The van der Waals surface area contributed by atoms with Gasteiger partial charge in [0.2, 0.25) is 0 Å². The van der Waals surface area contributed by atoms with Gasteiger partial charge in [-0.3, -0.25) is 0 Å². The maximum absolute atomic E-state index is 4.46. The van der Waals surface area contributed by atoms with Gasteiger partial charge in [0.25, 0.3) is 0 Å². The molecule has 18 heavy (non-hydrogen) atoms. The topological polar surface area (TPSA) is 45.5 Å². The first-order chi connectivity index (χ1) is 8.72. The number of rotatable bonds is 3. The summed E-state index contributed by atoms with van der Waals surface area (Å²) in [6, 6.07) is 0. The maximum Gasteiger partial charge on any atom is 0.180 e. The van der Waals surface area contributed by atoms with E-state index in [4.69, 9.17) is 0 Å². The van der Waals surface area contributed by atoms with Crippen molar-refractivity contribution in [3.05, 3.63) is 23.2 Å². The highest BCUT2D eigenvalue weighted by molar-refractivity contribution is 9.10. The molecule has 0 spiro atoms. The summed E-state index contributed by atoms with van der Waals surface area (Å²) in [6.07, 6.45) is 6.88. The standard InChI is InChI=1S/C12H16BrN5/c1-17-4-2-9(7-17)6-15-11-12-14-3-5-18(12)8-10(13)16-11/h3,5,8-9H,2,4,6-7H2,1H3,(H,15,16). The molecule has 3 heterocycles. The van der Waals surface area contributed by atoms with Crippen LogP contribution in [0.1, 0.15) is 6.42 Å². The number of imidazole rings is 1. The van der Waals surface area contributed by atoms with Crippen LogP contribution in [0.25, 0.3) is 5.65 Å². The summed E-state index contributed by atoms with van der Waals surface area (Å²) in [5, 5.41) is 3.43. The Kier molecular flexibility index (Phi) is 3.22. The highest BCUT2D eigenvalue weighted by Crippen LogP contribution is 2.19. The smallest absolute Gasteiger partial charge is 0.180 e. The van der Waals surface area contributed by atoms with Gasteiger partial charge in [0.05, 0.1) is 0 Å². The van der Waals surface area contributed by atoms with Crippen LogP contribution in [0.5, 0.6) is 0 Å². The molecule has 2 aromatic heterocycles. The molecule has 0 saturated carbocycles. The molecule has 0 aromatic carbocycles. The van der Waals surface area contributed by atoms with Gasteiger partial charge < -0.3 is 14.6 Å². The molecular weight excluding hydrogens is 294 g/mol. The normalized spacial score (nSPS) is 20.7. The van der Waals surface area contributed by atoms with Gasteiger partial charge in [-0.1, -0.05) is 0 Å². The van der Waals surface area contributed by atoms with Crippen molar-refractivity contribution in [2.75, 3.05) is 32.0 Å². The SMILES string of the molecule is CN1CCC(CNc2nc(Br)cn3ccnc23)C1. The van der Waals surface area contributed by atoms with Crippen molar-refractivity contribution in [1.29, 1.82) is 0 Å². The van der Waals surface area contributed by atoms with Crippen molar-refractivity contribution in [1.82, 2.24) is 19.3 Å². The molecule has 1 aliphatic rings. The second-order valence-electron chi connectivity index (χ2n) is 4.87. The van der Waals surface area contributed by atoms with E-state index in [0.29, 0.717) is 5.92 Å². The highest BCUT2D eigenvalue weighted by atomic mass is 79.9. The summed E-state index contributed by atoms with van der Waals surface area (Å²) in [5.74, 6) is 1.55. The van der Waals surface area contributed by atoms with Crippen LogP contribution in [0.3, 0.4) is 0 Å². The number of hydrogen-bond donors (Lipinski definition) is 1. The monoisotopic (exact) mass is 309 g/mol. The fourth-order valence-electron chi connectivity index (χ4n) is 2.45. The number of nitrogens with one attached hydrogen (secondary N) is 1. The van der Waals surface area contributed by atoms with Gasteiger partial charge in [0.1, 0.15) is 4.60 Å². The van der Waals surface area contributed by atoms with Crippen LogP contribution >= 0.6 is 15.9 Å². The van der Waals surface area contributed by atoms with Crippen LogP contribution in [0.4, 0.5) is 5.82 Å². The molecule has 1 aliphatic heterocycles. The molecule has 1 fully saturated rings. The Bertz CT molecular complexity index is 552. The quantitative estimate of drug-likeness (QED) is 0.940. The van der Waals surface area contributed by atoms with Crippen molar-refractivity contribution in [2.24, 2.45) is 5.92 Å². The number of halogens is 1. The zero-order valence-electron chi connectivity index (χ0n) is 10.3. The fourth-order valence-corrected chi connectivity index (χ4v) is 2.85. The summed E-state index contributed by atoms with van der Waals surface area (Å²) in [4.78, 5) is 11.2. The number of aromatic nitrogens is 3. The van der Waals surface area contributed by atoms with E-state index in [1.54, 1.807) is 6.20 Å². The first kappa shape index (κ1) is 11.9. The second-order valence-corrected chi connectivity index (χ2v) is 5.68. The third-order valence-electron chi connectivity index (χ3n) is 3.39. The summed E-state index contributed by atoms with van der Waals surface area (Å²) in [5.41, 5.74) is 0.879. The van der Waals surface area contributed by atoms with E-state index in [0.717, 1.165) is 29.2 Å². The number of likely N-dealkylation sites (tertiary alicyclic amines) is 1. The van der Waals surface area contributed by atoms with Gasteiger partial charge in [-0.25, -0.2) is 9.97 Å². The summed E-state index contributed by atoms with van der Waals surface area (Å²) < 4.78 is 2.79. The number of anilines is 1. The van der Waals surface area contributed by atoms with Gasteiger partial charge in [-0.05, 0) is 41.9 Å². The predicted molar refractivity (Wildman–Crippen MR) is 74.8 cm³/mol. The van der Waals surface area contributed by atoms with Crippen LogP contribution < -0.4 is 5.32 Å². The van der Waals surface area contributed by atoms with Crippen LogP contribution in [-0.2, 0) is 0 Å². The molecule has 6 heteroatoms. The van der Waals surface area contributed by atoms with Crippen molar-refractivity contribution in [2.45, 2.75) is 6.42 Å². The second kappa shape index (κ2) is 4.85. The molecule has 0 radical (unpaired) electrons. The van der Waals surface area contributed by atoms with Gasteiger partial charge >= 0.3 is 0 Å². The average Bonchev–Trinajstić information content (AvgIpc) is 2.94. The lowest BCUT2D eigenvalue weighted by molar-refractivity contribution is 0.399. The Morgan fingerprint density at radius 1 is 1.56 bits per heavy atom. The third kappa shape index (κ3) is 2.35. The Hall–Kier alpha value is -1.14. The summed E-state index contributed by atoms with van der Waals surface area (Å²) in [7, 11) is 2.17. The first-order valence-electron chi connectivity index (χ1n) is 6.14. The zero-order chi connectivity index (χ0) is 12.5. The van der Waals surface area contributed by atoms with E-state index in [1.807, 2.05) is 16.8 Å². The van der Waals surface area contributed by atoms with Gasteiger partial charge in [0.15, 0.2) is 11.5 Å². The van der Waals surface area contributed by atoms with E-state index in [1.165, 1.54) is 13.0 Å². The van der Waals surface area contributed by atoms with Crippen molar-refractivity contribution >= 4 is 27.4 Å². The molecule has 0 amide bonds. The Morgan fingerprint density at radius 2 is 2.44 bits per heavy atom.